The van der Waals surface area contributed by atoms with Gasteiger partial charge in [0.2, 0.25) is 0 Å². The van der Waals surface area contributed by atoms with Crippen LogP contribution in [0.1, 0.15) is 22.3 Å². The molecule has 0 bridgehead atoms. The maximum Gasteiger partial charge on any atom is 0.278 e. The van der Waals surface area contributed by atoms with E-state index in [4.69, 9.17) is 11.6 Å². The molecule has 0 aliphatic carbocycles. The van der Waals surface area contributed by atoms with Crippen LogP contribution in [0.2, 0.25) is 5.02 Å². The molecule has 0 aromatic heterocycles. The molecule has 2 amide bonds. The highest BCUT2D eigenvalue weighted by Crippen LogP contribution is 2.33. The maximum atomic E-state index is 13.5. The number of rotatable bonds is 5. The van der Waals surface area contributed by atoms with Crippen LogP contribution >= 0.6 is 11.6 Å². The summed E-state index contributed by atoms with van der Waals surface area (Å²) < 4.78 is 13.5. The molecule has 0 unspecified atom stereocenters. The highest BCUT2D eigenvalue weighted by molar-refractivity contribution is 6.36. The Morgan fingerprint density at radius 2 is 1.58 bits per heavy atom. The number of carbonyl (C=O) groups is 2. The summed E-state index contributed by atoms with van der Waals surface area (Å²) in [5.41, 5.74) is 4.13. The predicted octanol–water partition coefficient (Wildman–Crippen LogP) is 5.49. The summed E-state index contributed by atoms with van der Waals surface area (Å²) >= 11 is 6.22. The molecule has 1 N–H and O–H groups in total. The highest BCUT2D eigenvalue weighted by Gasteiger charge is 2.39. The van der Waals surface area contributed by atoms with Gasteiger partial charge < -0.3 is 5.32 Å². The Kier molecular flexibility index (Phi) is 5.61. The van der Waals surface area contributed by atoms with Crippen LogP contribution in [-0.2, 0) is 16.1 Å². The van der Waals surface area contributed by atoms with Crippen LogP contribution in [0.25, 0.3) is 5.57 Å². The van der Waals surface area contributed by atoms with Crippen LogP contribution in [0.5, 0.6) is 0 Å². The molecule has 3 aromatic carbocycles. The summed E-state index contributed by atoms with van der Waals surface area (Å²) in [6, 6.07) is 18.5. The van der Waals surface area contributed by atoms with Crippen molar-refractivity contribution < 1.29 is 14.0 Å². The van der Waals surface area contributed by atoms with E-state index < -0.39 is 17.6 Å². The van der Waals surface area contributed by atoms with E-state index >= 15 is 0 Å². The second-order valence-electron chi connectivity index (χ2n) is 7.48. The molecule has 0 radical (unpaired) electrons. The van der Waals surface area contributed by atoms with E-state index in [1.165, 1.54) is 29.2 Å². The quantitative estimate of drug-likeness (QED) is 0.540. The average Bonchev–Trinajstić information content (AvgIpc) is 2.98. The van der Waals surface area contributed by atoms with E-state index in [1.807, 2.05) is 38.1 Å². The maximum absolute atomic E-state index is 13.5. The zero-order valence-corrected chi connectivity index (χ0v) is 17.8. The normalized spacial score (nSPS) is 13.9. The Bertz CT molecular complexity index is 1200. The van der Waals surface area contributed by atoms with Gasteiger partial charge in [0, 0.05) is 10.7 Å². The Labute approximate surface area is 185 Å². The fraction of sp³-hybridized carbons (Fsp3) is 0.120. The highest BCUT2D eigenvalue weighted by atomic mass is 35.5. The minimum atomic E-state index is -0.440. The van der Waals surface area contributed by atoms with Crippen molar-refractivity contribution in [1.29, 1.82) is 0 Å². The first-order valence-electron chi connectivity index (χ1n) is 9.79. The molecular formula is C25H20ClFN2O2. The number of hydrogen-bond acceptors (Lipinski definition) is 3. The molecule has 0 saturated carbocycles. The summed E-state index contributed by atoms with van der Waals surface area (Å²) in [7, 11) is 0. The van der Waals surface area contributed by atoms with Gasteiger partial charge in [0.05, 0.1) is 12.1 Å². The predicted molar refractivity (Wildman–Crippen MR) is 120 cm³/mol. The van der Waals surface area contributed by atoms with Crippen molar-refractivity contribution in [2.24, 2.45) is 0 Å². The lowest BCUT2D eigenvalue weighted by Crippen LogP contribution is -2.32. The summed E-state index contributed by atoms with van der Waals surface area (Å²) in [6.07, 6.45) is 0. The lowest BCUT2D eigenvalue weighted by atomic mass is 10.0. The minimum absolute atomic E-state index is 0.141. The average molecular weight is 435 g/mol. The SMILES string of the molecule is Cc1ccc(CN2C(=O)C(Nc3cccc(Cl)c3C)=C(c3ccc(F)cc3)C2=O)cc1. The van der Waals surface area contributed by atoms with Gasteiger partial charge in [-0.15, -0.1) is 0 Å². The van der Waals surface area contributed by atoms with Crippen LogP contribution in [-0.4, -0.2) is 16.7 Å². The lowest BCUT2D eigenvalue weighted by Gasteiger charge is -2.16. The minimum Gasteiger partial charge on any atom is -0.350 e. The van der Waals surface area contributed by atoms with E-state index in [-0.39, 0.29) is 17.8 Å². The largest absolute Gasteiger partial charge is 0.350 e. The molecule has 0 spiro atoms. The van der Waals surface area contributed by atoms with E-state index in [1.54, 1.807) is 18.2 Å². The molecule has 4 nitrogen and oxygen atoms in total. The first kappa shape index (κ1) is 20.8. The van der Waals surface area contributed by atoms with Crippen LogP contribution in [0, 0.1) is 19.7 Å². The molecule has 3 aromatic rings. The van der Waals surface area contributed by atoms with Crippen LogP contribution in [0.3, 0.4) is 0 Å². The number of benzene rings is 3. The van der Waals surface area contributed by atoms with Crippen LogP contribution in [0.4, 0.5) is 10.1 Å². The third-order valence-electron chi connectivity index (χ3n) is 5.29. The third kappa shape index (κ3) is 4.09. The Morgan fingerprint density at radius 3 is 2.26 bits per heavy atom. The zero-order chi connectivity index (χ0) is 22.1. The van der Waals surface area contributed by atoms with Crippen LogP contribution in [0.15, 0.2) is 72.4 Å². The number of anilines is 1. The van der Waals surface area contributed by atoms with Gasteiger partial charge >= 0.3 is 0 Å². The number of imide groups is 1. The molecule has 1 aliphatic rings. The molecule has 4 rings (SSSR count). The van der Waals surface area contributed by atoms with Gasteiger partial charge in [-0.1, -0.05) is 59.6 Å². The van der Waals surface area contributed by atoms with E-state index in [2.05, 4.69) is 5.32 Å². The lowest BCUT2D eigenvalue weighted by molar-refractivity contribution is -0.137. The first-order chi connectivity index (χ1) is 14.8. The van der Waals surface area contributed by atoms with Crippen molar-refractivity contribution in [2.45, 2.75) is 20.4 Å². The van der Waals surface area contributed by atoms with Crippen molar-refractivity contribution in [3.63, 3.8) is 0 Å². The van der Waals surface area contributed by atoms with E-state index in [0.717, 1.165) is 16.7 Å². The van der Waals surface area contributed by atoms with Gasteiger partial charge in [0.1, 0.15) is 11.5 Å². The van der Waals surface area contributed by atoms with Gasteiger partial charge in [-0.2, -0.15) is 0 Å². The molecule has 31 heavy (non-hydrogen) atoms. The summed E-state index contributed by atoms with van der Waals surface area (Å²) in [5.74, 6) is -1.29. The van der Waals surface area contributed by atoms with E-state index in [9.17, 15) is 14.0 Å². The smallest absolute Gasteiger partial charge is 0.278 e. The number of amides is 2. The van der Waals surface area contributed by atoms with Gasteiger partial charge in [-0.05, 0) is 54.8 Å². The van der Waals surface area contributed by atoms with Crippen molar-refractivity contribution in [2.75, 3.05) is 5.32 Å². The number of halogens is 2. The monoisotopic (exact) mass is 434 g/mol. The summed E-state index contributed by atoms with van der Waals surface area (Å²) in [4.78, 5) is 27.8. The Balaban J connectivity index is 1.76. The first-order valence-corrected chi connectivity index (χ1v) is 10.2. The second-order valence-corrected chi connectivity index (χ2v) is 7.88. The molecular weight excluding hydrogens is 415 g/mol. The topological polar surface area (TPSA) is 49.4 Å². The van der Waals surface area contributed by atoms with Crippen molar-refractivity contribution in [1.82, 2.24) is 4.90 Å². The van der Waals surface area contributed by atoms with Gasteiger partial charge in [0.25, 0.3) is 11.8 Å². The number of carbonyl (C=O) groups excluding carboxylic acids is 2. The fourth-order valence-electron chi connectivity index (χ4n) is 3.47. The van der Waals surface area contributed by atoms with Gasteiger partial charge in [0.15, 0.2) is 0 Å². The molecule has 0 atom stereocenters. The van der Waals surface area contributed by atoms with Crippen molar-refractivity contribution in [3.05, 3.63) is 106 Å². The molecule has 1 aliphatic heterocycles. The zero-order valence-electron chi connectivity index (χ0n) is 17.1. The van der Waals surface area contributed by atoms with Crippen molar-refractivity contribution in [3.8, 4) is 0 Å². The van der Waals surface area contributed by atoms with Crippen LogP contribution < -0.4 is 5.32 Å². The molecule has 1 heterocycles. The second kappa shape index (κ2) is 8.36. The number of aryl methyl sites for hydroxylation is 1. The molecule has 0 saturated heterocycles. The number of nitrogens with one attached hydrogen (secondary N) is 1. The van der Waals surface area contributed by atoms with E-state index in [0.29, 0.717) is 16.3 Å². The molecule has 6 heteroatoms. The van der Waals surface area contributed by atoms with Crippen molar-refractivity contribution >= 4 is 34.7 Å². The third-order valence-corrected chi connectivity index (χ3v) is 5.70. The number of nitrogens with zero attached hydrogens (tertiary/aromatic N) is 1. The Hall–Kier alpha value is -3.44. The fourth-order valence-corrected chi connectivity index (χ4v) is 3.65. The van der Waals surface area contributed by atoms with Gasteiger partial charge in [-0.25, -0.2) is 4.39 Å². The molecule has 156 valence electrons. The summed E-state index contributed by atoms with van der Waals surface area (Å²) in [6.45, 7) is 3.94. The number of hydrogen-bond donors (Lipinski definition) is 1. The summed E-state index contributed by atoms with van der Waals surface area (Å²) in [5, 5.41) is 3.65. The molecule has 0 fully saturated rings. The Morgan fingerprint density at radius 1 is 0.903 bits per heavy atom. The standard InChI is InChI=1S/C25H20ClFN2O2/c1-15-6-8-17(9-7-15)14-29-24(30)22(18-10-12-19(27)13-11-18)23(25(29)31)28-21-5-3-4-20(26)16(21)2/h3-13,28H,14H2,1-2H3. The van der Waals surface area contributed by atoms with Gasteiger partial charge in [-0.3, -0.25) is 14.5 Å².